The number of carbonyl (C=O) groups excluding carboxylic acids is 1. The van der Waals surface area contributed by atoms with Gasteiger partial charge in [0.15, 0.2) is 0 Å². The van der Waals surface area contributed by atoms with Crippen molar-refractivity contribution in [2.24, 2.45) is 5.92 Å². The molecule has 1 N–H and O–H groups in total. The van der Waals surface area contributed by atoms with Crippen LogP contribution in [0.2, 0.25) is 0 Å². The molecular weight excluding hydrogens is 194 g/mol. The highest BCUT2D eigenvalue weighted by Crippen LogP contribution is 2.12. The molecule has 4 nitrogen and oxygen atoms in total. The molecule has 0 aromatic carbocycles. The number of hydrogen-bond donors (Lipinski definition) is 1. The van der Waals surface area contributed by atoms with Crippen LogP contribution in [0.5, 0.6) is 0 Å². The molecule has 0 aliphatic carbocycles. The normalized spacial score (nSPS) is 22.7. The second-order valence-electron chi connectivity index (χ2n) is 4.08. The maximum absolute atomic E-state index is 11.4. The Kier molecular flexibility index (Phi) is 5.65. The first-order valence-electron chi connectivity index (χ1n) is 5.69. The van der Waals surface area contributed by atoms with E-state index in [1.54, 1.807) is 0 Å². The van der Waals surface area contributed by atoms with Crippen molar-refractivity contribution in [1.29, 1.82) is 0 Å². The smallest absolute Gasteiger partial charge is 0.307 e. The van der Waals surface area contributed by atoms with Crippen molar-refractivity contribution in [3.63, 3.8) is 0 Å². The molecule has 2 unspecified atom stereocenters. The van der Waals surface area contributed by atoms with Gasteiger partial charge in [-0.25, -0.2) is 0 Å². The van der Waals surface area contributed by atoms with Crippen molar-refractivity contribution in [2.75, 3.05) is 26.4 Å². The van der Waals surface area contributed by atoms with Gasteiger partial charge < -0.3 is 14.8 Å². The molecule has 1 saturated heterocycles. The molecular formula is C11H21NO3. The number of esters is 1. The van der Waals surface area contributed by atoms with Gasteiger partial charge in [0.05, 0.1) is 19.6 Å². The highest BCUT2D eigenvalue weighted by molar-refractivity contribution is 5.70. The first-order valence-corrected chi connectivity index (χ1v) is 5.69. The van der Waals surface area contributed by atoms with Crippen LogP contribution in [0.4, 0.5) is 0 Å². The van der Waals surface area contributed by atoms with E-state index in [2.05, 4.69) is 5.32 Å². The predicted octanol–water partition coefficient (Wildman–Crippen LogP) is 0.954. The Morgan fingerprint density at radius 1 is 1.67 bits per heavy atom. The van der Waals surface area contributed by atoms with Crippen molar-refractivity contribution in [2.45, 2.75) is 32.7 Å². The zero-order valence-corrected chi connectivity index (χ0v) is 9.62. The molecule has 0 spiro atoms. The molecule has 1 fully saturated rings. The van der Waals surface area contributed by atoms with Gasteiger partial charge in [0.2, 0.25) is 0 Å². The minimum atomic E-state index is -0.115. The Bertz CT molecular complexity index is 190. The highest BCUT2D eigenvalue weighted by atomic mass is 16.5. The number of hydrogen-bond acceptors (Lipinski definition) is 4. The van der Waals surface area contributed by atoms with Crippen molar-refractivity contribution in [3.05, 3.63) is 0 Å². The van der Waals surface area contributed by atoms with Gasteiger partial charge >= 0.3 is 5.97 Å². The van der Waals surface area contributed by atoms with Crippen LogP contribution < -0.4 is 5.32 Å². The van der Waals surface area contributed by atoms with E-state index < -0.39 is 0 Å². The van der Waals surface area contributed by atoms with Crippen LogP contribution in [0, 0.1) is 5.92 Å². The lowest BCUT2D eigenvalue weighted by Gasteiger charge is -2.13. The summed E-state index contributed by atoms with van der Waals surface area (Å²) in [4.78, 5) is 11.4. The van der Waals surface area contributed by atoms with Gasteiger partial charge in [0, 0.05) is 18.6 Å². The summed E-state index contributed by atoms with van der Waals surface area (Å²) in [6.45, 7) is 6.94. The lowest BCUT2D eigenvalue weighted by molar-refractivity contribution is -0.145. The van der Waals surface area contributed by atoms with Gasteiger partial charge in [-0.05, 0) is 19.9 Å². The van der Waals surface area contributed by atoms with E-state index in [9.17, 15) is 4.79 Å². The van der Waals surface area contributed by atoms with Crippen LogP contribution >= 0.6 is 0 Å². The Hall–Kier alpha value is -0.610. The predicted molar refractivity (Wildman–Crippen MR) is 57.6 cm³/mol. The average molecular weight is 215 g/mol. The molecule has 0 radical (unpaired) electrons. The van der Waals surface area contributed by atoms with Crippen molar-refractivity contribution >= 4 is 5.97 Å². The summed E-state index contributed by atoms with van der Waals surface area (Å²) in [7, 11) is 0. The van der Waals surface area contributed by atoms with Crippen LogP contribution in [0.1, 0.15) is 26.7 Å². The summed E-state index contributed by atoms with van der Waals surface area (Å²) in [5, 5.41) is 3.18. The third kappa shape index (κ3) is 5.14. The summed E-state index contributed by atoms with van der Waals surface area (Å²) in [6.07, 6.45) is 1.46. The SMILES string of the molecule is CCNC(C)CC(=O)OCC1CCOC1. The van der Waals surface area contributed by atoms with E-state index in [4.69, 9.17) is 9.47 Å². The quantitative estimate of drug-likeness (QED) is 0.670. The largest absolute Gasteiger partial charge is 0.465 e. The van der Waals surface area contributed by atoms with Crippen molar-refractivity contribution < 1.29 is 14.3 Å². The minimum absolute atomic E-state index is 0.115. The summed E-state index contributed by atoms with van der Waals surface area (Å²) in [5.41, 5.74) is 0. The van der Waals surface area contributed by atoms with Gasteiger partial charge in [0.25, 0.3) is 0 Å². The molecule has 0 saturated carbocycles. The Morgan fingerprint density at radius 3 is 3.07 bits per heavy atom. The summed E-state index contributed by atoms with van der Waals surface area (Å²) in [5.74, 6) is 0.291. The molecule has 0 amide bonds. The fourth-order valence-corrected chi connectivity index (χ4v) is 1.66. The molecule has 1 aliphatic heterocycles. The van der Waals surface area contributed by atoms with Crippen LogP contribution in [0.25, 0.3) is 0 Å². The summed E-state index contributed by atoms with van der Waals surface area (Å²) in [6, 6.07) is 0.197. The van der Waals surface area contributed by atoms with Crippen LogP contribution in [-0.4, -0.2) is 38.4 Å². The number of rotatable bonds is 6. The molecule has 2 atom stereocenters. The van der Waals surface area contributed by atoms with Gasteiger partial charge in [-0.2, -0.15) is 0 Å². The van der Waals surface area contributed by atoms with Crippen LogP contribution in [-0.2, 0) is 14.3 Å². The van der Waals surface area contributed by atoms with Gasteiger partial charge in [-0.3, -0.25) is 4.79 Å². The first-order chi connectivity index (χ1) is 7.22. The monoisotopic (exact) mass is 215 g/mol. The number of carbonyl (C=O) groups is 1. The lowest BCUT2D eigenvalue weighted by atomic mass is 10.1. The van der Waals surface area contributed by atoms with Crippen molar-refractivity contribution in [3.8, 4) is 0 Å². The zero-order valence-electron chi connectivity index (χ0n) is 9.62. The molecule has 15 heavy (non-hydrogen) atoms. The molecule has 1 heterocycles. The second kappa shape index (κ2) is 6.80. The summed E-state index contributed by atoms with van der Waals surface area (Å²) < 4.78 is 10.4. The first kappa shape index (κ1) is 12.5. The van der Waals surface area contributed by atoms with E-state index in [1.807, 2.05) is 13.8 Å². The molecule has 88 valence electrons. The van der Waals surface area contributed by atoms with E-state index in [-0.39, 0.29) is 12.0 Å². The van der Waals surface area contributed by atoms with E-state index >= 15 is 0 Å². The molecule has 1 rings (SSSR count). The molecule has 1 aliphatic rings. The zero-order chi connectivity index (χ0) is 11.1. The van der Waals surface area contributed by atoms with Crippen LogP contribution in [0.15, 0.2) is 0 Å². The number of nitrogens with one attached hydrogen (secondary N) is 1. The molecule has 0 aromatic rings. The topological polar surface area (TPSA) is 47.6 Å². The van der Waals surface area contributed by atoms with Crippen molar-refractivity contribution in [1.82, 2.24) is 5.32 Å². The van der Waals surface area contributed by atoms with Crippen LogP contribution in [0.3, 0.4) is 0 Å². The highest BCUT2D eigenvalue weighted by Gasteiger charge is 2.18. The fraction of sp³-hybridized carbons (Fsp3) is 0.909. The van der Waals surface area contributed by atoms with E-state index in [0.29, 0.717) is 18.9 Å². The average Bonchev–Trinajstić information content (AvgIpc) is 2.67. The van der Waals surface area contributed by atoms with E-state index in [0.717, 1.165) is 26.2 Å². The Labute approximate surface area is 91.3 Å². The minimum Gasteiger partial charge on any atom is -0.465 e. The fourth-order valence-electron chi connectivity index (χ4n) is 1.66. The lowest BCUT2D eigenvalue weighted by Crippen LogP contribution is -2.29. The maximum atomic E-state index is 11.4. The van der Waals surface area contributed by atoms with Gasteiger partial charge in [0.1, 0.15) is 0 Å². The third-order valence-electron chi connectivity index (χ3n) is 2.53. The number of ether oxygens (including phenoxy) is 2. The molecule has 0 bridgehead atoms. The van der Waals surface area contributed by atoms with Gasteiger partial charge in [-0.15, -0.1) is 0 Å². The Morgan fingerprint density at radius 2 is 2.47 bits per heavy atom. The molecule has 4 heteroatoms. The molecule has 0 aromatic heterocycles. The van der Waals surface area contributed by atoms with Gasteiger partial charge in [-0.1, -0.05) is 6.92 Å². The summed E-state index contributed by atoms with van der Waals surface area (Å²) >= 11 is 0. The standard InChI is InChI=1S/C11H21NO3/c1-3-12-9(2)6-11(13)15-8-10-4-5-14-7-10/h9-10,12H,3-8H2,1-2H3. The second-order valence-corrected chi connectivity index (χ2v) is 4.08. The maximum Gasteiger partial charge on any atom is 0.307 e. The Balaban J connectivity index is 2.07. The third-order valence-corrected chi connectivity index (χ3v) is 2.53. The van der Waals surface area contributed by atoms with E-state index in [1.165, 1.54) is 0 Å².